The van der Waals surface area contributed by atoms with E-state index in [1.807, 2.05) is 31.2 Å². The van der Waals surface area contributed by atoms with Gasteiger partial charge < -0.3 is 4.74 Å². The standard InChI is InChI=1S/C16H24N2O4S/c1-3-5-10-23(20,21)17-11-15-12-18(16(19)22-15)14-8-6-13(4-2)7-9-14/h6-9,15,17H,3-5,10-12H2,1-2H3. The number of carbonyl (C=O) groups is 1. The van der Waals surface area contributed by atoms with Gasteiger partial charge in [0.25, 0.3) is 0 Å². The van der Waals surface area contributed by atoms with Crippen molar-refractivity contribution < 1.29 is 17.9 Å². The van der Waals surface area contributed by atoms with Crippen LogP contribution in [0.25, 0.3) is 0 Å². The number of anilines is 1. The Labute approximate surface area is 137 Å². The lowest BCUT2D eigenvalue weighted by molar-refractivity contribution is 0.143. The molecule has 1 amide bonds. The fourth-order valence-corrected chi connectivity index (χ4v) is 3.63. The van der Waals surface area contributed by atoms with Crippen LogP contribution in [0.1, 0.15) is 32.3 Å². The van der Waals surface area contributed by atoms with Crippen molar-refractivity contribution in [2.75, 3.05) is 23.7 Å². The van der Waals surface area contributed by atoms with Crippen LogP contribution in [0.5, 0.6) is 0 Å². The van der Waals surface area contributed by atoms with Crippen molar-refractivity contribution in [1.82, 2.24) is 4.72 Å². The first-order valence-electron chi connectivity index (χ1n) is 7.99. The Balaban J connectivity index is 1.91. The van der Waals surface area contributed by atoms with Crippen LogP contribution < -0.4 is 9.62 Å². The van der Waals surface area contributed by atoms with Crippen molar-refractivity contribution in [2.24, 2.45) is 0 Å². The number of ether oxygens (including phenoxy) is 1. The van der Waals surface area contributed by atoms with E-state index in [0.29, 0.717) is 13.0 Å². The highest BCUT2D eigenvalue weighted by Crippen LogP contribution is 2.22. The zero-order chi connectivity index (χ0) is 16.9. The lowest BCUT2D eigenvalue weighted by atomic mass is 10.1. The molecule has 0 bridgehead atoms. The number of hydrogen-bond donors (Lipinski definition) is 1. The van der Waals surface area contributed by atoms with Crippen LogP contribution in [0.3, 0.4) is 0 Å². The highest BCUT2D eigenvalue weighted by atomic mass is 32.2. The summed E-state index contributed by atoms with van der Waals surface area (Å²) in [4.78, 5) is 13.5. The molecule has 1 aliphatic heterocycles. The van der Waals surface area contributed by atoms with Gasteiger partial charge >= 0.3 is 6.09 Å². The van der Waals surface area contributed by atoms with Crippen LogP contribution in [0.2, 0.25) is 0 Å². The van der Waals surface area contributed by atoms with Gasteiger partial charge in [0.05, 0.1) is 12.3 Å². The number of benzene rings is 1. The van der Waals surface area contributed by atoms with Gasteiger partial charge in [0.2, 0.25) is 10.0 Å². The first kappa shape index (κ1) is 17.7. The molecule has 1 fully saturated rings. The van der Waals surface area contributed by atoms with Crippen molar-refractivity contribution in [1.29, 1.82) is 0 Å². The number of amides is 1. The number of unbranched alkanes of at least 4 members (excludes halogenated alkanes) is 1. The molecule has 6 nitrogen and oxygen atoms in total. The molecule has 1 heterocycles. The Morgan fingerprint density at radius 3 is 2.57 bits per heavy atom. The summed E-state index contributed by atoms with van der Waals surface area (Å²) in [7, 11) is -3.30. The molecule has 0 saturated carbocycles. The number of sulfonamides is 1. The molecule has 1 aromatic rings. The summed E-state index contributed by atoms with van der Waals surface area (Å²) in [5.74, 6) is 0.104. The predicted molar refractivity (Wildman–Crippen MR) is 90.1 cm³/mol. The van der Waals surface area contributed by atoms with Crippen LogP contribution in [-0.4, -0.2) is 39.5 Å². The van der Waals surface area contributed by atoms with E-state index in [1.165, 1.54) is 10.5 Å². The summed E-state index contributed by atoms with van der Waals surface area (Å²) < 4.78 is 31.3. The summed E-state index contributed by atoms with van der Waals surface area (Å²) in [5.41, 5.74) is 1.96. The van der Waals surface area contributed by atoms with E-state index in [0.717, 1.165) is 18.5 Å². The third-order valence-electron chi connectivity index (χ3n) is 3.83. The fourth-order valence-electron chi connectivity index (χ4n) is 2.38. The summed E-state index contributed by atoms with van der Waals surface area (Å²) in [6.07, 6.45) is 1.47. The van der Waals surface area contributed by atoms with Gasteiger partial charge in [-0.05, 0) is 30.5 Å². The lowest BCUT2D eigenvalue weighted by Gasteiger charge is -2.13. The summed E-state index contributed by atoms with van der Waals surface area (Å²) in [6, 6.07) is 7.72. The molecule has 1 aliphatic rings. The molecule has 1 atom stereocenters. The van der Waals surface area contributed by atoms with Crippen LogP contribution in [0.4, 0.5) is 10.5 Å². The van der Waals surface area contributed by atoms with E-state index < -0.39 is 22.2 Å². The summed E-state index contributed by atoms with van der Waals surface area (Å²) in [6.45, 7) is 4.47. The van der Waals surface area contributed by atoms with Gasteiger partial charge in [-0.25, -0.2) is 17.9 Å². The zero-order valence-electron chi connectivity index (χ0n) is 13.6. The van der Waals surface area contributed by atoms with E-state index in [2.05, 4.69) is 11.6 Å². The maximum atomic E-state index is 12.0. The third-order valence-corrected chi connectivity index (χ3v) is 5.26. The van der Waals surface area contributed by atoms with Crippen molar-refractivity contribution >= 4 is 21.8 Å². The number of hydrogen-bond acceptors (Lipinski definition) is 4. The first-order valence-corrected chi connectivity index (χ1v) is 9.64. The van der Waals surface area contributed by atoms with Gasteiger partial charge in [0.1, 0.15) is 6.10 Å². The van der Waals surface area contributed by atoms with Crippen molar-refractivity contribution in [3.63, 3.8) is 0 Å². The minimum atomic E-state index is -3.30. The molecule has 1 unspecified atom stereocenters. The van der Waals surface area contributed by atoms with Gasteiger partial charge in [-0.15, -0.1) is 0 Å². The third kappa shape index (κ3) is 4.94. The maximum absolute atomic E-state index is 12.0. The minimum Gasteiger partial charge on any atom is -0.443 e. The molecule has 1 saturated heterocycles. The summed E-state index contributed by atoms with van der Waals surface area (Å²) >= 11 is 0. The molecular formula is C16H24N2O4S. The van der Waals surface area contributed by atoms with E-state index in [-0.39, 0.29) is 12.3 Å². The lowest BCUT2D eigenvalue weighted by Crippen LogP contribution is -2.35. The molecule has 0 aromatic heterocycles. The Morgan fingerprint density at radius 2 is 1.96 bits per heavy atom. The zero-order valence-corrected chi connectivity index (χ0v) is 14.4. The number of cyclic esters (lactones) is 1. The number of nitrogens with one attached hydrogen (secondary N) is 1. The smallest absolute Gasteiger partial charge is 0.414 e. The Bertz CT molecular complexity index is 628. The van der Waals surface area contributed by atoms with Gasteiger partial charge in [0, 0.05) is 12.2 Å². The Morgan fingerprint density at radius 1 is 1.26 bits per heavy atom. The fraction of sp³-hybridized carbons (Fsp3) is 0.562. The highest BCUT2D eigenvalue weighted by molar-refractivity contribution is 7.89. The van der Waals surface area contributed by atoms with Gasteiger partial charge in [-0.2, -0.15) is 0 Å². The SMILES string of the molecule is CCCCS(=O)(=O)NCC1CN(c2ccc(CC)cc2)C(=O)O1. The van der Waals surface area contributed by atoms with Crippen LogP contribution in [0.15, 0.2) is 24.3 Å². The molecule has 0 spiro atoms. The number of aryl methyl sites for hydroxylation is 1. The molecule has 0 radical (unpaired) electrons. The van der Waals surface area contributed by atoms with Crippen LogP contribution in [0, 0.1) is 0 Å². The molecule has 2 rings (SSSR count). The normalized spacial score (nSPS) is 18.3. The average molecular weight is 340 g/mol. The first-order chi connectivity index (χ1) is 10.9. The minimum absolute atomic E-state index is 0.104. The van der Waals surface area contributed by atoms with E-state index >= 15 is 0 Å². The molecule has 23 heavy (non-hydrogen) atoms. The van der Waals surface area contributed by atoms with Crippen molar-refractivity contribution in [3.05, 3.63) is 29.8 Å². The van der Waals surface area contributed by atoms with E-state index in [4.69, 9.17) is 4.74 Å². The van der Waals surface area contributed by atoms with E-state index in [1.54, 1.807) is 0 Å². The van der Waals surface area contributed by atoms with Crippen LogP contribution >= 0.6 is 0 Å². The van der Waals surface area contributed by atoms with Crippen molar-refractivity contribution in [2.45, 2.75) is 39.2 Å². The number of carbonyl (C=O) groups excluding carboxylic acids is 1. The molecule has 1 N–H and O–H groups in total. The molecular weight excluding hydrogens is 316 g/mol. The topological polar surface area (TPSA) is 75.7 Å². The largest absolute Gasteiger partial charge is 0.443 e. The predicted octanol–water partition coefficient (Wildman–Crippen LogP) is 2.29. The highest BCUT2D eigenvalue weighted by Gasteiger charge is 2.32. The van der Waals surface area contributed by atoms with E-state index in [9.17, 15) is 13.2 Å². The second-order valence-corrected chi connectivity index (χ2v) is 7.58. The Hall–Kier alpha value is -1.60. The quantitative estimate of drug-likeness (QED) is 0.788. The second-order valence-electron chi connectivity index (χ2n) is 5.66. The molecule has 7 heteroatoms. The average Bonchev–Trinajstić information content (AvgIpc) is 2.92. The summed E-state index contributed by atoms with van der Waals surface area (Å²) in [5, 5.41) is 0. The monoisotopic (exact) mass is 340 g/mol. The molecule has 1 aromatic carbocycles. The van der Waals surface area contributed by atoms with Crippen LogP contribution in [-0.2, 0) is 21.2 Å². The van der Waals surface area contributed by atoms with Gasteiger partial charge in [-0.1, -0.05) is 32.4 Å². The van der Waals surface area contributed by atoms with Gasteiger partial charge in [-0.3, -0.25) is 4.90 Å². The number of nitrogens with zero attached hydrogens (tertiary/aromatic N) is 1. The molecule has 128 valence electrons. The van der Waals surface area contributed by atoms with Crippen molar-refractivity contribution in [3.8, 4) is 0 Å². The Kier molecular flexibility index (Phi) is 6.01. The van der Waals surface area contributed by atoms with Gasteiger partial charge in [0.15, 0.2) is 0 Å². The second kappa shape index (κ2) is 7.79. The molecule has 0 aliphatic carbocycles. The number of rotatable bonds is 8. The maximum Gasteiger partial charge on any atom is 0.414 e.